The average molecular weight is 266 g/mol. The SMILES string of the molecule is Cc1ccc(-c2cc(=O)c3ccc(O)cc3o2)cc1C. The van der Waals surface area contributed by atoms with Crippen molar-refractivity contribution < 1.29 is 9.52 Å². The van der Waals surface area contributed by atoms with E-state index in [1.54, 1.807) is 6.07 Å². The Balaban J connectivity index is 2.26. The van der Waals surface area contributed by atoms with Gasteiger partial charge in [-0.05, 0) is 43.2 Å². The molecule has 0 saturated heterocycles. The Morgan fingerprint density at radius 1 is 0.950 bits per heavy atom. The molecule has 0 amide bonds. The van der Waals surface area contributed by atoms with Gasteiger partial charge in [0, 0.05) is 17.7 Å². The molecular weight excluding hydrogens is 252 g/mol. The molecule has 1 heterocycles. The van der Waals surface area contributed by atoms with Crippen molar-refractivity contribution in [1.29, 1.82) is 0 Å². The highest BCUT2D eigenvalue weighted by atomic mass is 16.3. The molecule has 20 heavy (non-hydrogen) atoms. The lowest BCUT2D eigenvalue weighted by atomic mass is 10.0. The number of phenolic OH excluding ortho intramolecular Hbond substituents is 1. The van der Waals surface area contributed by atoms with Gasteiger partial charge < -0.3 is 9.52 Å². The molecule has 0 atom stereocenters. The highest BCUT2D eigenvalue weighted by molar-refractivity contribution is 5.80. The summed E-state index contributed by atoms with van der Waals surface area (Å²) in [4.78, 5) is 12.1. The van der Waals surface area contributed by atoms with Crippen molar-refractivity contribution in [1.82, 2.24) is 0 Å². The molecule has 3 heteroatoms. The smallest absolute Gasteiger partial charge is 0.193 e. The summed E-state index contributed by atoms with van der Waals surface area (Å²) >= 11 is 0. The number of rotatable bonds is 1. The van der Waals surface area contributed by atoms with E-state index in [1.165, 1.54) is 23.8 Å². The lowest BCUT2D eigenvalue weighted by molar-refractivity contribution is 0.474. The summed E-state index contributed by atoms with van der Waals surface area (Å²) in [5, 5.41) is 9.97. The fourth-order valence-corrected chi connectivity index (χ4v) is 2.18. The van der Waals surface area contributed by atoms with E-state index < -0.39 is 0 Å². The maximum absolute atomic E-state index is 12.1. The highest BCUT2D eigenvalue weighted by Crippen LogP contribution is 2.25. The van der Waals surface area contributed by atoms with Crippen LogP contribution in [0.5, 0.6) is 5.75 Å². The van der Waals surface area contributed by atoms with Gasteiger partial charge in [0.05, 0.1) is 5.39 Å². The monoisotopic (exact) mass is 266 g/mol. The van der Waals surface area contributed by atoms with E-state index >= 15 is 0 Å². The molecule has 0 fully saturated rings. The molecule has 2 aromatic carbocycles. The summed E-state index contributed by atoms with van der Waals surface area (Å²) in [7, 11) is 0. The molecule has 0 aliphatic carbocycles. The van der Waals surface area contributed by atoms with E-state index in [0.717, 1.165) is 11.1 Å². The Kier molecular flexibility index (Phi) is 2.83. The van der Waals surface area contributed by atoms with Gasteiger partial charge in [-0.15, -0.1) is 0 Å². The van der Waals surface area contributed by atoms with E-state index in [0.29, 0.717) is 16.7 Å². The number of benzene rings is 2. The molecule has 0 radical (unpaired) electrons. The molecule has 0 spiro atoms. The van der Waals surface area contributed by atoms with Gasteiger partial charge in [-0.2, -0.15) is 0 Å². The lowest BCUT2D eigenvalue weighted by Gasteiger charge is -2.06. The van der Waals surface area contributed by atoms with E-state index in [1.807, 2.05) is 32.0 Å². The maximum atomic E-state index is 12.1. The second-order valence-electron chi connectivity index (χ2n) is 4.95. The first-order valence-electron chi connectivity index (χ1n) is 6.39. The Bertz CT molecular complexity index is 860. The van der Waals surface area contributed by atoms with Crippen molar-refractivity contribution in [3.8, 4) is 17.1 Å². The standard InChI is InChI=1S/C17H14O3/c1-10-3-4-12(7-11(10)2)16-9-15(19)14-6-5-13(18)8-17(14)20-16/h3-9,18H,1-2H3. The van der Waals surface area contributed by atoms with Gasteiger partial charge in [-0.3, -0.25) is 4.79 Å². The van der Waals surface area contributed by atoms with Crippen LogP contribution in [-0.2, 0) is 0 Å². The van der Waals surface area contributed by atoms with E-state index in [4.69, 9.17) is 4.42 Å². The Labute approximate surface area is 116 Å². The van der Waals surface area contributed by atoms with E-state index in [2.05, 4.69) is 0 Å². The minimum absolute atomic E-state index is 0.0814. The van der Waals surface area contributed by atoms with Crippen LogP contribution >= 0.6 is 0 Å². The molecule has 0 bridgehead atoms. The van der Waals surface area contributed by atoms with Gasteiger partial charge in [0.15, 0.2) is 5.43 Å². The molecule has 100 valence electrons. The van der Waals surface area contributed by atoms with Gasteiger partial charge >= 0.3 is 0 Å². The quantitative estimate of drug-likeness (QED) is 0.729. The molecule has 0 aliphatic rings. The fourth-order valence-electron chi connectivity index (χ4n) is 2.18. The molecule has 1 N–H and O–H groups in total. The van der Waals surface area contributed by atoms with Gasteiger partial charge in [0.2, 0.25) is 0 Å². The third-order valence-corrected chi connectivity index (χ3v) is 3.50. The zero-order chi connectivity index (χ0) is 14.3. The minimum atomic E-state index is -0.112. The van der Waals surface area contributed by atoms with Gasteiger partial charge in [0.25, 0.3) is 0 Å². The molecule has 0 unspecified atom stereocenters. The van der Waals surface area contributed by atoms with Crippen molar-refractivity contribution in [3.05, 3.63) is 63.8 Å². The molecule has 0 aliphatic heterocycles. The Morgan fingerprint density at radius 2 is 1.75 bits per heavy atom. The topological polar surface area (TPSA) is 50.4 Å². The number of aromatic hydroxyl groups is 1. The summed E-state index contributed by atoms with van der Waals surface area (Å²) in [5.41, 5.74) is 3.47. The van der Waals surface area contributed by atoms with Crippen LogP contribution in [-0.4, -0.2) is 5.11 Å². The average Bonchev–Trinajstić information content (AvgIpc) is 2.41. The third kappa shape index (κ3) is 2.07. The van der Waals surface area contributed by atoms with Crippen LogP contribution in [0.2, 0.25) is 0 Å². The van der Waals surface area contributed by atoms with Crippen molar-refractivity contribution in [2.24, 2.45) is 0 Å². The summed E-state index contributed by atoms with van der Waals surface area (Å²) in [5.74, 6) is 0.592. The largest absolute Gasteiger partial charge is 0.508 e. The Hall–Kier alpha value is -2.55. The molecule has 3 aromatic rings. The first kappa shape index (κ1) is 12.5. The first-order chi connectivity index (χ1) is 9.54. The normalized spacial score (nSPS) is 10.9. The molecule has 1 aromatic heterocycles. The van der Waals surface area contributed by atoms with Crippen molar-refractivity contribution in [3.63, 3.8) is 0 Å². The van der Waals surface area contributed by atoms with Crippen molar-refractivity contribution in [2.45, 2.75) is 13.8 Å². The number of hydrogen-bond donors (Lipinski definition) is 1. The van der Waals surface area contributed by atoms with Crippen LogP contribution in [0, 0.1) is 13.8 Å². The van der Waals surface area contributed by atoms with Gasteiger partial charge in [0.1, 0.15) is 17.1 Å². The van der Waals surface area contributed by atoms with Gasteiger partial charge in [-0.1, -0.05) is 12.1 Å². The van der Waals surface area contributed by atoms with Gasteiger partial charge in [-0.25, -0.2) is 0 Å². The summed E-state index contributed by atoms with van der Waals surface area (Å²) in [6, 6.07) is 11.9. The summed E-state index contributed by atoms with van der Waals surface area (Å²) in [6.07, 6.45) is 0. The van der Waals surface area contributed by atoms with Crippen LogP contribution in [0.4, 0.5) is 0 Å². The van der Waals surface area contributed by atoms with E-state index in [-0.39, 0.29) is 11.2 Å². The molecular formula is C17H14O3. The summed E-state index contributed by atoms with van der Waals surface area (Å²) < 4.78 is 5.74. The third-order valence-electron chi connectivity index (χ3n) is 3.50. The molecule has 3 rings (SSSR count). The minimum Gasteiger partial charge on any atom is -0.508 e. The van der Waals surface area contributed by atoms with Crippen molar-refractivity contribution in [2.75, 3.05) is 0 Å². The van der Waals surface area contributed by atoms with Crippen LogP contribution in [0.1, 0.15) is 11.1 Å². The predicted molar refractivity (Wildman–Crippen MR) is 79.1 cm³/mol. The number of phenols is 1. The zero-order valence-electron chi connectivity index (χ0n) is 11.3. The first-order valence-corrected chi connectivity index (χ1v) is 6.39. The van der Waals surface area contributed by atoms with E-state index in [9.17, 15) is 9.90 Å². The predicted octanol–water partition coefficient (Wildman–Crippen LogP) is 3.78. The number of aryl methyl sites for hydroxylation is 2. The molecule has 0 saturated carbocycles. The van der Waals surface area contributed by atoms with Crippen LogP contribution in [0.25, 0.3) is 22.3 Å². The zero-order valence-corrected chi connectivity index (χ0v) is 11.3. The summed E-state index contributed by atoms with van der Waals surface area (Å²) in [6.45, 7) is 4.05. The van der Waals surface area contributed by atoms with Crippen LogP contribution in [0.3, 0.4) is 0 Å². The Morgan fingerprint density at radius 3 is 2.50 bits per heavy atom. The number of hydrogen-bond acceptors (Lipinski definition) is 3. The van der Waals surface area contributed by atoms with Crippen LogP contribution < -0.4 is 5.43 Å². The maximum Gasteiger partial charge on any atom is 0.193 e. The fraction of sp³-hybridized carbons (Fsp3) is 0.118. The second kappa shape index (κ2) is 4.53. The second-order valence-corrected chi connectivity index (χ2v) is 4.95. The van der Waals surface area contributed by atoms with Crippen molar-refractivity contribution >= 4 is 11.0 Å². The highest BCUT2D eigenvalue weighted by Gasteiger charge is 2.08. The van der Waals surface area contributed by atoms with Crippen LogP contribution in [0.15, 0.2) is 51.7 Å². The lowest BCUT2D eigenvalue weighted by Crippen LogP contribution is -2.00. The number of fused-ring (bicyclic) bond motifs is 1. The molecule has 3 nitrogen and oxygen atoms in total.